The van der Waals surface area contributed by atoms with Crippen LogP contribution in [0.25, 0.3) is 28.1 Å². The van der Waals surface area contributed by atoms with Gasteiger partial charge in [-0.2, -0.15) is 10.2 Å². The van der Waals surface area contributed by atoms with E-state index in [1.54, 1.807) is 28.2 Å². The molecular formula is C24H26ClN7O4. The van der Waals surface area contributed by atoms with Crippen LogP contribution in [0.2, 0.25) is 5.02 Å². The average molecular weight is 512 g/mol. The van der Waals surface area contributed by atoms with E-state index in [9.17, 15) is 15.2 Å². The van der Waals surface area contributed by atoms with Crippen LogP contribution in [-0.4, -0.2) is 73.6 Å². The van der Waals surface area contributed by atoms with Crippen molar-refractivity contribution in [1.82, 2.24) is 29.0 Å². The molecule has 188 valence electrons. The molecule has 0 amide bonds. The maximum atomic E-state index is 13.9. The predicted molar refractivity (Wildman–Crippen MR) is 132 cm³/mol. The molecule has 36 heavy (non-hydrogen) atoms. The highest BCUT2D eigenvalue weighted by molar-refractivity contribution is 6.32. The molecule has 4 heterocycles. The van der Waals surface area contributed by atoms with Gasteiger partial charge < -0.3 is 23.8 Å². The van der Waals surface area contributed by atoms with E-state index in [2.05, 4.69) is 26.1 Å². The van der Waals surface area contributed by atoms with Crippen molar-refractivity contribution >= 4 is 28.2 Å². The second-order valence-electron chi connectivity index (χ2n) is 9.06. The topological polar surface area (TPSA) is 135 Å². The lowest BCUT2D eigenvalue weighted by molar-refractivity contribution is 0.0810. The average Bonchev–Trinajstić information content (AvgIpc) is 3.53. The Labute approximate surface area is 211 Å². The highest BCUT2D eigenvalue weighted by Crippen LogP contribution is 2.28. The molecule has 0 spiro atoms. The number of nitriles is 1. The second kappa shape index (κ2) is 9.99. The van der Waals surface area contributed by atoms with Crippen LogP contribution in [0.1, 0.15) is 37.1 Å². The fraction of sp³-hybridized carbons (Fsp3) is 0.458. The van der Waals surface area contributed by atoms with Crippen molar-refractivity contribution in [3.8, 4) is 17.6 Å². The van der Waals surface area contributed by atoms with Crippen molar-refractivity contribution in [2.45, 2.75) is 38.3 Å². The third-order valence-electron chi connectivity index (χ3n) is 6.65. The van der Waals surface area contributed by atoms with E-state index in [0.717, 1.165) is 13.1 Å². The molecule has 1 saturated heterocycles. The normalized spacial score (nSPS) is 16.1. The number of imidazole rings is 1. The van der Waals surface area contributed by atoms with Crippen LogP contribution in [0.15, 0.2) is 27.8 Å². The van der Waals surface area contributed by atoms with Gasteiger partial charge in [0.1, 0.15) is 23.6 Å². The third-order valence-corrected chi connectivity index (χ3v) is 6.97. The third kappa shape index (κ3) is 4.26. The molecule has 1 atom stereocenters. The van der Waals surface area contributed by atoms with Gasteiger partial charge in [-0.15, -0.1) is 0 Å². The molecule has 0 bridgehead atoms. The summed E-state index contributed by atoms with van der Waals surface area (Å²) in [5.41, 5.74) is 1.55. The SMILES string of the molecule is COCC(C)c1nc(-c2ncn3c2c(=O)n(CCN2CCC(O)CC2)c2c(C#N)c(Cl)ccc23)no1. The fourth-order valence-electron chi connectivity index (χ4n) is 4.71. The Kier molecular flexibility index (Phi) is 6.77. The number of hydrogen-bond donors (Lipinski definition) is 1. The highest BCUT2D eigenvalue weighted by atomic mass is 35.5. The number of likely N-dealkylation sites (tertiary alicyclic amines) is 1. The first kappa shape index (κ1) is 24.4. The van der Waals surface area contributed by atoms with Crippen LogP contribution in [0.5, 0.6) is 0 Å². The summed E-state index contributed by atoms with van der Waals surface area (Å²) in [6, 6.07) is 5.57. The summed E-state index contributed by atoms with van der Waals surface area (Å²) >= 11 is 6.36. The van der Waals surface area contributed by atoms with Crippen LogP contribution in [0, 0.1) is 11.3 Å². The standard InChI is InChI=1S/C24H26ClN7O4/c1-14(12-35-2)23-28-22(29-36-23)19-21-24(34)31(10-9-30-7-5-15(33)6-8-30)20-16(11-26)17(25)3-4-18(20)32(21)13-27-19/h3-4,13-15,33H,5-10,12H2,1-2H3. The number of piperidine rings is 1. The van der Waals surface area contributed by atoms with Crippen molar-refractivity contribution in [2.75, 3.05) is 33.4 Å². The lowest BCUT2D eigenvalue weighted by Gasteiger charge is -2.29. The van der Waals surface area contributed by atoms with Gasteiger partial charge in [-0.25, -0.2) is 4.98 Å². The molecule has 1 aliphatic rings. The fourth-order valence-corrected chi connectivity index (χ4v) is 4.90. The maximum Gasteiger partial charge on any atom is 0.277 e. The van der Waals surface area contributed by atoms with Crippen LogP contribution in [0.4, 0.5) is 0 Å². The molecule has 0 aliphatic carbocycles. The molecule has 1 aromatic carbocycles. The molecule has 1 N–H and O–H groups in total. The van der Waals surface area contributed by atoms with Crippen molar-refractivity contribution in [3.05, 3.63) is 45.3 Å². The second-order valence-corrected chi connectivity index (χ2v) is 9.46. The smallest absolute Gasteiger partial charge is 0.277 e. The number of aromatic nitrogens is 5. The van der Waals surface area contributed by atoms with Crippen LogP contribution >= 0.6 is 11.6 Å². The number of fused-ring (bicyclic) bond motifs is 3. The molecule has 4 aromatic rings. The molecular weight excluding hydrogens is 486 g/mol. The Morgan fingerprint density at radius 3 is 2.81 bits per heavy atom. The summed E-state index contributed by atoms with van der Waals surface area (Å²) in [4.78, 5) is 25.0. The predicted octanol–water partition coefficient (Wildman–Crippen LogP) is 2.43. The van der Waals surface area contributed by atoms with Gasteiger partial charge in [-0.05, 0) is 25.0 Å². The van der Waals surface area contributed by atoms with Crippen molar-refractivity contribution in [2.24, 2.45) is 0 Å². The van der Waals surface area contributed by atoms with Gasteiger partial charge in [0.2, 0.25) is 11.7 Å². The molecule has 1 unspecified atom stereocenters. The van der Waals surface area contributed by atoms with Gasteiger partial charge in [0.25, 0.3) is 5.56 Å². The zero-order valence-electron chi connectivity index (χ0n) is 20.0. The van der Waals surface area contributed by atoms with Gasteiger partial charge in [0.15, 0.2) is 0 Å². The minimum Gasteiger partial charge on any atom is -0.393 e. The number of aliphatic hydroxyl groups excluding tert-OH is 1. The summed E-state index contributed by atoms with van der Waals surface area (Å²) in [5, 5.41) is 24.0. The first-order valence-corrected chi connectivity index (χ1v) is 12.2. The number of rotatable bonds is 7. The molecule has 12 heteroatoms. The molecule has 3 aromatic heterocycles. The number of halogens is 1. The Bertz CT molecular complexity index is 1510. The van der Waals surface area contributed by atoms with Crippen LogP contribution in [0.3, 0.4) is 0 Å². The minimum absolute atomic E-state index is 0.119. The van der Waals surface area contributed by atoms with Crippen LogP contribution in [-0.2, 0) is 11.3 Å². The van der Waals surface area contributed by atoms with E-state index in [0.29, 0.717) is 55.2 Å². The van der Waals surface area contributed by atoms with Gasteiger partial charge in [0, 0.05) is 33.3 Å². The molecule has 11 nitrogen and oxygen atoms in total. The first-order chi connectivity index (χ1) is 17.4. The number of benzene rings is 1. The highest BCUT2D eigenvalue weighted by Gasteiger charge is 2.25. The maximum absolute atomic E-state index is 13.9. The molecule has 0 saturated carbocycles. The van der Waals surface area contributed by atoms with Crippen molar-refractivity contribution < 1.29 is 14.4 Å². The monoisotopic (exact) mass is 511 g/mol. The van der Waals surface area contributed by atoms with Gasteiger partial charge in [-0.1, -0.05) is 23.7 Å². The lowest BCUT2D eigenvalue weighted by atomic mass is 10.1. The van der Waals surface area contributed by atoms with Gasteiger partial charge in [0.05, 0.1) is 40.2 Å². The van der Waals surface area contributed by atoms with Crippen molar-refractivity contribution in [3.63, 3.8) is 0 Å². The Balaban J connectivity index is 1.65. The van der Waals surface area contributed by atoms with Crippen molar-refractivity contribution in [1.29, 1.82) is 5.26 Å². The molecule has 1 aliphatic heterocycles. The Hall–Kier alpha value is -3.30. The van der Waals surface area contributed by atoms with E-state index in [1.165, 1.54) is 6.33 Å². The van der Waals surface area contributed by atoms with Gasteiger partial charge >= 0.3 is 0 Å². The number of ether oxygens (including phenoxy) is 1. The quantitative estimate of drug-likeness (QED) is 0.396. The number of nitrogens with zero attached hydrogens (tertiary/aromatic N) is 7. The minimum atomic E-state index is -0.331. The van der Waals surface area contributed by atoms with E-state index >= 15 is 0 Å². The van der Waals surface area contributed by atoms with Gasteiger partial charge in [-0.3, -0.25) is 9.20 Å². The van der Waals surface area contributed by atoms with E-state index in [4.69, 9.17) is 20.9 Å². The number of methoxy groups -OCH3 is 1. The summed E-state index contributed by atoms with van der Waals surface area (Å²) in [6.07, 6.45) is 2.62. The Morgan fingerprint density at radius 1 is 1.31 bits per heavy atom. The summed E-state index contributed by atoms with van der Waals surface area (Å²) in [5.74, 6) is 0.476. The Morgan fingerprint density at radius 2 is 2.08 bits per heavy atom. The first-order valence-electron chi connectivity index (χ1n) is 11.8. The summed E-state index contributed by atoms with van der Waals surface area (Å²) in [6.45, 7) is 4.72. The van der Waals surface area contributed by atoms with Crippen LogP contribution < -0.4 is 5.56 Å². The molecule has 1 fully saturated rings. The number of hydrogen-bond acceptors (Lipinski definition) is 9. The lowest BCUT2D eigenvalue weighted by Crippen LogP contribution is -2.39. The molecule has 0 radical (unpaired) electrons. The number of aliphatic hydroxyl groups is 1. The van der Waals surface area contributed by atoms with E-state index in [-0.39, 0.29) is 39.5 Å². The summed E-state index contributed by atoms with van der Waals surface area (Å²) in [7, 11) is 1.60. The van der Waals surface area contributed by atoms with E-state index in [1.807, 2.05) is 6.92 Å². The zero-order chi connectivity index (χ0) is 25.4. The zero-order valence-corrected chi connectivity index (χ0v) is 20.8. The molecule has 5 rings (SSSR count). The largest absolute Gasteiger partial charge is 0.393 e. The summed E-state index contributed by atoms with van der Waals surface area (Å²) < 4.78 is 13.8. The van der Waals surface area contributed by atoms with E-state index < -0.39 is 0 Å².